The summed E-state index contributed by atoms with van der Waals surface area (Å²) in [4.78, 5) is 33.3. The number of para-hydroxylation sites is 1. The zero-order chi connectivity index (χ0) is 21.2. The predicted molar refractivity (Wildman–Crippen MR) is 106 cm³/mol. The van der Waals surface area contributed by atoms with Gasteiger partial charge in [0.25, 0.3) is 5.91 Å². The Balaban J connectivity index is 1.94. The lowest BCUT2D eigenvalue weighted by atomic mass is 9.97. The van der Waals surface area contributed by atoms with Gasteiger partial charge < -0.3 is 21.1 Å². The molecule has 0 radical (unpaired) electrons. The van der Waals surface area contributed by atoms with Crippen LogP contribution in [0.15, 0.2) is 35.4 Å². The van der Waals surface area contributed by atoms with Gasteiger partial charge in [-0.1, -0.05) is 12.1 Å². The van der Waals surface area contributed by atoms with Crippen LogP contribution in [-0.4, -0.2) is 54.7 Å². The molecule has 0 atom stereocenters. The van der Waals surface area contributed by atoms with Crippen molar-refractivity contribution in [1.29, 1.82) is 0 Å². The molecule has 0 saturated carbocycles. The molecule has 1 aromatic heterocycles. The van der Waals surface area contributed by atoms with Gasteiger partial charge in [0.1, 0.15) is 11.4 Å². The van der Waals surface area contributed by atoms with E-state index in [-0.39, 0.29) is 22.0 Å². The number of anilines is 3. The van der Waals surface area contributed by atoms with Crippen molar-refractivity contribution >= 4 is 39.2 Å². The van der Waals surface area contributed by atoms with Crippen LogP contribution < -0.4 is 16.0 Å². The van der Waals surface area contributed by atoms with Gasteiger partial charge in [-0.05, 0) is 25.0 Å². The number of hydrogen-bond acceptors (Lipinski definition) is 8. The quantitative estimate of drug-likeness (QED) is 0.622. The van der Waals surface area contributed by atoms with E-state index in [1.54, 1.807) is 18.2 Å². The highest BCUT2D eigenvalue weighted by Crippen LogP contribution is 2.28. The molecular formula is C18H21N5O5S. The van der Waals surface area contributed by atoms with E-state index in [2.05, 4.69) is 15.3 Å². The van der Waals surface area contributed by atoms with Crippen LogP contribution >= 0.6 is 0 Å². The second-order valence-corrected chi connectivity index (χ2v) is 8.77. The lowest BCUT2D eigenvalue weighted by Gasteiger charge is -2.30. The number of aliphatic carboxylic acids is 1. The van der Waals surface area contributed by atoms with E-state index in [1.807, 2.05) is 4.90 Å². The highest BCUT2D eigenvalue weighted by Gasteiger charge is 2.26. The summed E-state index contributed by atoms with van der Waals surface area (Å²) < 4.78 is 24.1. The first-order chi connectivity index (χ1) is 13.7. The molecule has 1 amide bonds. The maximum atomic E-state index is 12.0. The summed E-state index contributed by atoms with van der Waals surface area (Å²) in [7, 11) is -3.52. The number of nitrogens with two attached hydrogens (primary N) is 1. The molecule has 29 heavy (non-hydrogen) atoms. The monoisotopic (exact) mass is 419 g/mol. The Morgan fingerprint density at radius 1 is 1.24 bits per heavy atom. The minimum absolute atomic E-state index is 0.0116. The summed E-state index contributed by atoms with van der Waals surface area (Å²) >= 11 is 0. The molecule has 1 aliphatic rings. The zero-order valence-corrected chi connectivity index (χ0v) is 16.5. The van der Waals surface area contributed by atoms with Gasteiger partial charge in [-0.25, -0.2) is 13.4 Å². The zero-order valence-electron chi connectivity index (χ0n) is 15.7. The van der Waals surface area contributed by atoms with E-state index in [4.69, 9.17) is 10.8 Å². The summed E-state index contributed by atoms with van der Waals surface area (Å²) in [6.07, 6.45) is 3.27. The van der Waals surface area contributed by atoms with Crippen molar-refractivity contribution in [2.75, 3.05) is 29.6 Å². The summed E-state index contributed by atoms with van der Waals surface area (Å²) in [5.41, 5.74) is 5.68. The molecule has 11 heteroatoms. The number of hydrogen-bond donors (Lipinski definition) is 3. The lowest BCUT2D eigenvalue weighted by Crippen LogP contribution is -2.37. The number of nitrogens with one attached hydrogen (secondary N) is 1. The van der Waals surface area contributed by atoms with Crippen LogP contribution in [0.25, 0.3) is 0 Å². The Morgan fingerprint density at radius 3 is 2.48 bits per heavy atom. The van der Waals surface area contributed by atoms with Gasteiger partial charge in [0.15, 0.2) is 9.84 Å². The number of carboxylic acid groups (broad SMARTS) is 1. The minimum atomic E-state index is -3.52. The largest absolute Gasteiger partial charge is 0.481 e. The fourth-order valence-electron chi connectivity index (χ4n) is 3.15. The first kappa shape index (κ1) is 20.5. The fraction of sp³-hybridized carbons (Fsp3) is 0.333. The van der Waals surface area contributed by atoms with Crippen LogP contribution in [0.2, 0.25) is 0 Å². The Kier molecular flexibility index (Phi) is 5.69. The number of benzene rings is 1. The van der Waals surface area contributed by atoms with E-state index in [0.29, 0.717) is 31.9 Å². The van der Waals surface area contributed by atoms with Crippen LogP contribution in [0, 0.1) is 5.92 Å². The van der Waals surface area contributed by atoms with E-state index >= 15 is 0 Å². The van der Waals surface area contributed by atoms with Gasteiger partial charge in [0.05, 0.1) is 16.5 Å². The minimum Gasteiger partial charge on any atom is -0.481 e. The number of carbonyl (C=O) groups is 2. The van der Waals surface area contributed by atoms with Crippen LogP contribution in [0.5, 0.6) is 0 Å². The number of carboxylic acids is 1. The summed E-state index contributed by atoms with van der Waals surface area (Å²) in [5, 5.41) is 12.0. The van der Waals surface area contributed by atoms with Crippen molar-refractivity contribution in [2.24, 2.45) is 11.7 Å². The predicted octanol–water partition coefficient (Wildman–Crippen LogP) is 1.02. The van der Waals surface area contributed by atoms with Gasteiger partial charge >= 0.3 is 5.97 Å². The van der Waals surface area contributed by atoms with Crippen molar-refractivity contribution in [3.63, 3.8) is 0 Å². The number of nitrogens with zero attached hydrogens (tertiary/aromatic N) is 3. The molecule has 1 aliphatic heterocycles. The molecule has 1 saturated heterocycles. The van der Waals surface area contributed by atoms with Crippen LogP contribution in [0.3, 0.4) is 0 Å². The molecule has 2 heterocycles. The van der Waals surface area contributed by atoms with Gasteiger partial charge in [0, 0.05) is 25.5 Å². The number of aromatic nitrogens is 2. The van der Waals surface area contributed by atoms with Gasteiger partial charge in [-0.2, -0.15) is 4.98 Å². The number of sulfone groups is 1. The Morgan fingerprint density at radius 2 is 1.90 bits per heavy atom. The molecule has 1 aromatic carbocycles. The highest BCUT2D eigenvalue weighted by atomic mass is 32.2. The third-order valence-electron chi connectivity index (χ3n) is 4.71. The molecule has 154 valence electrons. The molecule has 0 unspecified atom stereocenters. The van der Waals surface area contributed by atoms with E-state index in [1.165, 1.54) is 12.3 Å². The maximum absolute atomic E-state index is 12.0. The molecule has 0 aliphatic carbocycles. The summed E-state index contributed by atoms with van der Waals surface area (Å²) in [6.45, 7) is 0.901. The number of piperidine rings is 1. The van der Waals surface area contributed by atoms with Crippen LogP contribution in [0.4, 0.5) is 17.5 Å². The fourth-order valence-corrected chi connectivity index (χ4v) is 3.99. The Hall–Kier alpha value is -3.21. The average Bonchev–Trinajstić information content (AvgIpc) is 2.67. The van der Waals surface area contributed by atoms with Gasteiger partial charge in [-0.15, -0.1) is 0 Å². The molecule has 2 aromatic rings. The lowest BCUT2D eigenvalue weighted by molar-refractivity contribution is -0.142. The normalized spacial score (nSPS) is 15.1. The third kappa shape index (κ3) is 4.62. The molecular weight excluding hydrogens is 398 g/mol. The second-order valence-electron chi connectivity index (χ2n) is 6.79. The number of primary amides is 1. The van der Waals surface area contributed by atoms with E-state index in [9.17, 15) is 18.0 Å². The van der Waals surface area contributed by atoms with E-state index in [0.717, 1.165) is 6.26 Å². The standard InChI is InChI=1S/C18H21N5O5S/c1-29(27,28)14-5-3-2-4-13(14)21-16-12(15(19)24)10-20-18(22-16)23-8-6-11(7-9-23)17(25)26/h2-5,10-11H,6-9H2,1H3,(H2,19,24)(H,25,26)(H,20,21,22). The highest BCUT2D eigenvalue weighted by molar-refractivity contribution is 7.90. The van der Waals surface area contributed by atoms with Crippen molar-refractivity contribution in [1.82, 2.24) is 9.97 Å². The topological polar surface area (TPSA) is 156 Å². The Bertz CT molecular complexity index is 1050. The van der Waals surface area contributed by atoms with E-state index < -0.39 is 27.6 Å². The number of rotatable bonds is 6. The number of carbonyl (C=O) groups excluding carboxylic acids is 1. The second kappa shape index (κ2) is 8.03. The Labute approximate surface area is 167 Å². The molecule has 4 N–H and O–H groups in total. The first-order valence-electron chi connectivity index (χ1n) is 8.87. The van der Waals surface area contributed by atoms with Crippen molar-refractivity contribution < 1.29 is 23.1 Å². The van der Waals surface area contributed by atoms with Crippen LogP contribution in [-0.2, 0) is 14.6 Å². The third-order valence-corrected chi connectivity index (χ3v) is 5.86. The average molecular weight is 419 g/mol. The summed E-state index contributed by atoms with van der Waals surface area (Å²) in [5.74, 6) is -1.61. The van der Waals surface area contributed by atoms with Crippen LogP contribution in [0.1, 0.15) is 23.2 Å². The van der Waals surface area contributed by atoms with Gasteiger partial charge in [0.2, 0.25) is 5.95 Å². The number of amides is 1. The molecule has 0 spiro atoms. The van der Waals surface area contributed by atoms with Gasteiger partial charge in [-0.3, -0.25) is 9.59 Å². The van der Waals surface area contributed by atoms with Crippen molar-refractivity contribution in [3.05, 3.63) is 36.0 Å². The molecule has 1 fully saturated rings. The smallest absolute Gasteiger partial charge is 0.306 e. The molecule has 0 bridgehead atoms. The first-order valence-corrected chi connectivity index (χ1v) is 10.8. The van der Waals surface area contributed by atoms with Crippen molar-refractivity contribution in [2.45, 2.75) is 17.7 Å². The molecule has 10 nitrogen and oxygen atoms in total. The summed E-state index contributed by atoms with van der Waals surface area (Å²) in [6, 6.07) is 6.25. The molecule has 3 rings (SSSR count). The SMILES string of the molecule is CS(=O)(=O)c1ccccc1Nc1nc(N2CCC(C(=O)O)CC2)ncc1C(N)=O. The maximum Gasteiger partial charge on any atom is 0.306 e. The van der Waals surface area contributed by atoms with Crippen molar-refractivity contribution in [3.8, 4) is 0 Å².